The largest absolute Gasteiger partial charge is 0.454 e. The first-order chi connectivity index (χ1) is 12.6. The number of rotatable bonds is 4. The third-order valence-corrected chi connectivity index (χ3v) is 5.10. The van der Waals surface area contributed by atoms with Crippen LogP contribution < -0.4 is 14.8 Å². The molecule has 2 heterocycles. The molecule has 0 saturated carbocycles. The fourth-order valence-electron chi connectivity index (χ4n) is 2.68. The van der Waals surface area contributed by atoms with Crippen molar-refractivity contribution in [2.24, 2.45) is 0 Å². The van der Waals surface area contributed by atoms with Crippen LogP contribution in [0.4, 0.5) is 10.1 Å². The first kappa shape index (κ1) is 16.5. The number of nitrogens with zero attached hydrogens (tertiary/aromatic N) is 1. The van der Waals surface area contributed by atoms with Crippen molar-refractivity contribution in [3.8, 4) is 11.5 Å². The Bertz CT molecular complexity index is 969. The molecular formula is C19H15FN2O3S. The van der Waals surface area contributed by atoms with Crippen molar-refractivity contribution in [2.75, 3.05) is 12.1 Å². The van der Waals surface area contributed by atoms with Gasteiger partial charge in [-0.25, -0.2) is 9.37 Å². The molecule has 132 valence electrons. The van der Waals surface area contributed by atoms with E-state index in [2.05, 4.69) is 10.3 Å². The Morgan fingerprint density at radius 2 is 1.96 bits per heavy atom. The normalized spacial score (nSPS) is 12.2. The van der Waals surface area contributed by atoms with E-state index >= 15 is 0 Å². The van der Waals surface area contributed by atoms with E-state index in [1.807, 2.05) is 0 Å². The fourth-order valence-corrected chi connectivity index (χ4v) is 3.67. The topological polar surface area (TPSA) is 60.5 Å². The van der Waals surface area contributed by atoms with Crippen LogP contribution in [-0.4, -0.2) is 17.7 Å². The summed E-state index contributed by atoms with van der Waals surface area (Å²) in [7, 11) is 0. The number of nitrogens with one attached hydrogen (secondary N) is 1. The molecule has 0 atom stereocenters. The Morgan fingerprint density at radius 3 is 2.77 bits per heavy atom. The minimum Gasteiger partial charge on any atom is -0.454 e. The second-order valence-corrected chi connectivity index (χ2v) is 6.93. The van der Waals surface area contributed by atoms with E-state index < -0.39 is 0 Å². The van der Waals surface area contributed by atoms with E-state index in [1.165, 1.54) is 23.5 Å². The van der Waals surface area contributed by atoms with Gasteiger partial charge >= 0.3 is 0 Å². The van der Waals surface area contributed by atoms with Gasteiger partial charge in [-0.2, -0.15) is 0 Å². The Hall–Kier alpha value is -2.93. The maximum atomic E-state index is 13.0. The summed E-state index contributed by atoms with van der Waals surface area (Å²) in [5, 5.41) is 3.67. The molecular weight excluding hydrogens is 355 g/mol. The smallest absolute Gasteiger partial charge is 0.267 e. The van der Waals surface area contributed by atoms with E-state index in [9.17, 15) is 9.18 Å². The molecule has 0 unspecified atom stereocenters. The van der Waals surface area contributed by atoms with Gasteiger partial charge in [0.15, 0.2) is 11.5 Å². The number of carbonyl (C=O) groups excluding carboxylic acids is 1. The van der Waals surface area contributed by atoms with Gasteiger partial charge in [-0.1, -0.05) is 12.1 Å². The zero-order valence-corrected chi connectivity index (χ0v) is 14.7. The highest BCUT2D eigenvalue weighted by Gasteiger charge is 2.18. The number of hydrogen-bond acceptors (Lipinski definition) is 5. The fraction of sp³-hybridized carbons (Fsp3) is 0.158. The highest BCUT2D eigenvalue weighted by Crippen LogP contribution is 2.34. The maximum absolute atomic E-state index is 13.0. The van der Waals surface area contributed by atoms with Gasteiger partial charge in [-0.15, -0.1) is 11.3 Å². The van der Waals surface area contributed by atoms with Gasteiger partial charge in [-0.3, -0.25) is 4.79 Å². The van der Waals surface area contributed by atoms with Gasteiger partial charge in [0.1, 0.15) is 10.7 Å². The van der Waals surface area contributed by atoms with E-state index in [0.29, 0.717) is 34.2 Å². The molecule has 7 heteroatoms. The molecule has 0 aliphatic carbocycles. The molecule has 0 spiro atoms. The molecule has 26 heavy (non-hydrogen) atoms. The zero-order valence-electron chi connectivity index (χ0n) is 13.9. The molecule has 1 aromatic heterocycles. The second-order valence-electron chi connectivity index (χ2n) is 5.85. The van der Waals surface area contributed by atoms with Crippen LogP contribution in [0.5, 0.6) is 11.5 Å². The number of aryl methyl sites for hydroxylation is 1. The molecule has 3 aromatic rings. The summed E-state index contributed by atoms with van der Waals surface area (Å²) in [5.41, 5.74) is 2.25. The molecule has 2 aromatic carbocycles. The number of thiazole rings is 1. The number of benzene rings is 2. The number of halogens is 1. The predicted octanol–water partition coefficient (Wildman–Crippen LogP) is 4.16. The molecule has 0 fully saturated rings. The van der Waals surface area contributed by atoms with Gasteiger partial charge in [0.25, 0.3) is 5.91 Å². The molecule has 1 N–H and O–H groups in total. The lowest BCUT2D eigenvalue weighted by atomic mass is 10.1. The Labute approximate surface area is 153 Å². The molecule has 0 saturated heterocycles. The van der Waals surface area contributed by atoms with Crippen LogP contribution in [0.15, 0.2) is 42.5 Å². The van der Waals surface area contributed by atoms with Crippen molar-refractivity contribution in [1.82, 2.24) is 4.98 Å². The van der Waals surface area contributed by atoms with Crippen LogP contribution in [0, 0.1) is 12.7 Å². The second kappa shape index (κ2) is 6.76. The summed E-state index contributed by atoms with van der Waals surface area (Å²) >= 11 is 1.34. The van der Waals surface area contributed by atoms with E-state index in [-0.39, 0.29) is 18.5 Å². The van der Waals surface area contributed by atoms with E-state index in [4.69, 9.17) is 9.47 Å². The third kappa shape index (κ3) is 3.39. The number of fused-ring (bicyclic) bond motifs is 1. The van der Waals surface area contributed by atoms with Gasteiger partial charge in [-0.05, 0) is 36.8 Å². The Kier molecular flexibility index (Phi) is 4.30. The average molecular weight is 370 g/mol. The highest BCUT2D eigenvalue weighted by atomic mass is 32.1. The summed E-state index contributed by atoms with van der Waals surface area (Å²) in [6, 6.07) is 11.5. The van der Waals surface area contributed by atoms with Crippen molar-refractivity contribution in [2.45, 2.75) is 13.3 Å². The lowest BCUT2D eigenvalue weighted by Gasteiger charge is -2.05. The number of hydrogen-bond donors (Lipinski definition) is 1. The van der Waals surface area contributed by atoms with Crippen molar-refractivity contribution in [1.29, 1.82) is 0 Å². The first-order valence-electron chi connectivity index (χ1n) is 8.00. The SMILES string of the molecule is Cc1nc(Cc2ccc(F)cc2)sc1C(=O)Nc1ccc2c(c1)OCO2. The summed E-state index contributed by atoms with van der Waals surface area (Å²) in [6.07, 6.45) is 0.559. The maximum Gasteiger partial charge on any atom is 0.267 e. The number of ether oxygens (including phenoxy) is 2. The van der Waals surface area contributed by atoms with Crippen LogP contribution in [0.1, 0.15) is 25.9 Å². The Morgan fingerprint density at radius 1 is 1.19 bits per heavy atom. The monoisotopic (exact) mass is 370 g/mol. The quantitative estimate of drug-likeness (QED) is 0.749. The van der Waals surface area contributed by atoms with Gasteiger partial charge in [0.2, 0.25) is 6.79 Å². The van der Waals surface area contributed by atoms with Crippen molar-refractivity contribution < 1.29 is 18.7 Å². The van der Waals surface area contributed by atoms with Gasteiger partial charge < -0.3 is 14.8 Å². The minimum absolute atomic E-state index is 0.188. The van der Waals surface area contributed by atoms with Crippen LogP contribution in [0.3, 0.4) is 0 Å². The highest BCUT2D eigenvalue weighted by molar-refractivity contribution is 7.14. The number of carbonyl (C=O) groups is 1. The van der Waals surface area contributed by atoms with E-state index in [1.54, 1.807) is 37.3 Å². The molecule has 1 aliphatic rings. The van der Waals surface area contributed by atoms with E-state index in [0.717, 1.165) is 10.6 Å². The van der Waals surface area contributed by atoms with Crippen molar-refractivity contribution >= 4 is 22.9 Å². The first-order valence-corrected chi connectivity index (χ1v) is 8.82. The average Bonchev–Trinajstić information content (AvgIpc) is 3.23. The molecule has 4 rings (SSSR count). The van der Waals surface area contributed by atoms with Crippen LogP contribution in [0.2, 0.25) is 0 Å². The zero-order chi connectivity index (χ0) is 18.1. The summed E-state index contributed by atoms with van der Waals surface area (Å²) in [4.78, 5) is 17.6. The molecule has 1 amide bonds. The Balaban J connectivity index is 1.49. The molecule has 0 bridgehead atoms. The number of amides is 1. The van der Waals surface area contributed by atoms with Crippen LogP contribution >= 0.6 is 11.3 Å². The predicted molar refractivity (Wildman–Crippen MR) is 96.6 cm³/mol. The molecule has 1 aliphatic heterocycles. The molecule has 5 nitrogen and oxygen atoms in total. The lowest BCUT2D eigenvalue weighted by Crippen LogP contribution is -2.11. The molecule has 0 radical (unpaired) electrons. The van der Waals surface area contributed by atoms with Crippen LogP contribution in [-0.2, 0) is 6.42 Å². The number of anilines is 1. The summed E-state index contributed by atoms with van der Waals surface area (Å²) in [6.45, 7) is 1.99. The van der Waals surface area contributed by atoms with Crippen LogP contribution in [0.25, 0.3) is 0 Å². The van der Waals surface area contributed by atoms with Crippen molar-refractivity contribution in [3.05, 3.63) is 69.4 Å². The van der Waals surface area contributed by atoms with Crippen molar-refractivity contribution in [3.63, 3.8) is 0 Å². The summed E-state index contributed by atoms with van der Waals surface area (Å²) < 4.78 is 23.6. The third-order valence-electron chi connectivity index (χ3n) is 3.95. The van der Waals surface area contributed by atoms with Gasteiger partial charge in [0.05, 0.1) is 10.7 Å². The number of aromatic nitrogens is 1. The van der Waals surface area contributed by atoms with Gasteiger partial charge in [0, 0.05) is 18.2 Å². The standard InChI is InChI=1S/C19H15FN2O3S/c1-11-18(26-17(21-11)8-12-2-4-13(20)5-3-12)19(23)22-14-6-7-15-16(9-14)25-10-24-15/h2-7,9H,8,10H2,1H3,(H,22,23). The lowest BCUT2D eigenvalue weighted by molar-refractivity contribution is 0.103. The minimum atomic E-state index is -0.270. The summed E-state index contributed by atoms with van der Waals surface area (Å²) in [5.74, 6) is 0.788.